The van der Waals surface area contributed by atoms with Crippen LogP contribution in [0.2, 0.25) is 0 Å². The van der Waals surface area contributed by atoms with Crippen molar-refractivity contribution in [2.75, 3.05) is 18.5 Å². The molecule has 12 heteroatoms. The molecule has 2 aromatic rings. The van der Waals surface area contributed by atoms with Gasteiger partial charge in [-0.3, -0.25) is 34.0 Å². The van der Waals surface area contributed by atoms with E-state index < -0.39 is 23.6 Å². The number of hydrogen-bond donors (Lipinski definition) is 2. The summed E-state index contributed by atoms with van der Waals surface area (Å²) in [4.78, 5) is 57.2. The maximum atomic E-state index is 12.2. The van der Waals surface area contributed by atoms with Gasteiger partial charge < -0.3 is 14.2 Å². The van der Waals surface area contributed by atoms with Gasteiger partial charge in [-0.05, 0) is 0 Å². The van der Waals surface area contributed by atoms with E-state index in [2.05, 4.69) is 20.3 Å². The highest BCUT2D eigenvalue weighted by atomic mass is 16.6. The first-order chi connectivity index (χ1) is 14.4. The van der Waals surface area contributed by atoms with Crippen LogP contribution in [0.25, 0.3) is 11.2 Å². The Hall–Kier alpha value is -3.28. The number of fused-ring (bicyclic) bond motifs is 1. The van der Waals surface area contributed by atoms with E-state index in [4.69, 9.17) is 14.2 Å². The molecule has 1 amide bonds. The number of anilines is 1. The molecule has 0 fully saturated rings. The van der Waals surface area contributed by atoms with Gasteiger partial charge in [0.2, 0.25) is 11.9 Å². The SMILES string of the molecule is CCC(=O)Nc1nc2c(ncn2COC(COC(=O)CC)COC(=O)CC)c(=O)[nH]1. The predicted molar refractivity (Wildman–Crippen MR) is 104 cm³/mol. The molecule has 0 saturated heterocycles. The summed E-state index contributed by atoms with van der Waals surface area (Å²) in [5.74, 6) is -1.15. The first-order valence-electron chi connectivity index (χ1n) is 9.55. The molecule has 0 spiro atoms. The van der Waals surface area contributed by atoms with E-state index in [0.29, 0.717) is 0 Å². The number of hydrogen-bond acceptors (Lipinski definition) is 9. The summed E-state index contributed by atoms with van der Waals surface area (Å²) in [6.07, 6.45) is 1.25. The topological polar surface area (TPSA) is 154 Å². The monoisotopic (exact) mass is 423 g/mol. The minimum absolute atomic E-state index is 0.00796. The van der Waals surface area contributed by atoms with Crippen molar-refractivity contribution in [3.05, 3.63) is 16.7 Å². The van der Waals surface area contributed by atoms with Crippen molar-refractivity contribution in [3.63, 3.8) is 0 Å². The van der Waals surface area contributed by atoms with Gasteiger partial charge in [0, 0.05) is 19.3 Å². The Morgan fingerprint density at radius 2 is 1.73 bits per heavy atom. The van der Waals surface area contributed by atoms with Crippen molar-refractivity contribution >= 4 is 35.0 Å². The Morgan fingerprint density at radius 3 is 2.30 bits per heavy atom. The lowest BCUT2D eigenvalue weighted by Gasteiger charge is -2.18. The zero-order valence-corrected chi connectivity index (χ0v) is 17.1. The van der Waals surface area contributed by atoms with Gasteiger partial charge in [0.1, 0.15) is 26.0 Å². The average molecular weight is 423 g/mol. The van der Waals surface area contributed by atoms with Crippen LogP contribution in [0.1, 0.15) is 40.0 Å². The highest BCUT2D eigenvalue weighted by Crippen LogP contribution is 2.10. The fourth-order valence-electron chi connectivity index (χ4n) is 2.23. The number of rotatable bonds is 11. The van der Waals surface area contributed by atoms with Crippen molar-refractivity contribution in [1.29, 1.82) is 0 Å². The molecule has 0 radical (unpaired) electrons. The summed E-state index contributed by atoms with van der Waals surface area (Å²) in [6.45, 7) is 4.66. The van der Waals surface area contributed by atoms with E-state index in [1.807, 2.05) is 0 Å². The van der Waals surface area contributed by atoms with Gasteiger partial charge in [0.15, 0.2) is 11.2 Å². The molecule has 2 heterocycles. The van der Waals surface area contributed by atoms with E-state index in [-0.39, 0.29) is 62.2 Å². The fraction of sp³-hybridized carbons (Fsp3) is 0.556. The maximum Gasteiger partial charge on any atom is 0.305 e. The van der Waals surface area contributed by atoms with Crippen molar-refractivity contribution in [2.24, 2.45) is 0 Å². The summed E-state index contributed by atoms with van der Waals surface area (Å²) in [6, 6.07) is 0. The molecule has 2 rings (SSSR count). The third kappa shape index (κ3) is 6.37. The van der Waals surface area contributed by atoms with Gasteiger partial charge in [0.25, 0.3) is 5.56 Å². The molecule has 164 valence electrons. The molecule has 0 saturated carbocycles. The van der Waals surface area contributed by atoms with Gasteiger partial charge in [-0.1, -0.05) is 20.8 Å². The Balaban J connectivity index is 2.14. The summed E-state index contributed by atoms with van der Waals surface area (Å²) in [5, 5.41) is 2.48. The largest absolute Gasteiger partial charge is 0.463 e. The Labute approximate surface area is 171 Å². The van der Waals surface area contributed by atoms with E-state index in [1.165, 1.54) is 10.9 Å². The normalized spacial score (nSPS) is 10.9. The van der Waals surface area contributed by atoms with Crippen LogP contribution in [0.4, 0.5) is 5.95 Å². The van der Waals surface area contributed by atoms with Crippen molar-refractivity contribution < 1.29 is 28.6 Å². The average Bonchev–Trinajstić information content (AvgIpc) is 3.15. The number of amides is 1. The minimum Gasteiger partial charge on any atom is -0.463 e. The second-order valence-corrected chi connectivity index (χ2v) is 6.19. The molecule has 2 N–H and O–H groups in total. The van der Waals surface area contributed by atoms with Gasteiger partial charge in [-0.25, -0.2) is 4.98 Å². The number of carbonyl (C=O) groups is 3. The molecule has 12 nitrogen and oxygen atoms in total. The predicted octanol–water partition coefficient (Wildman–Crippen LogP) is 0.717. The van der Waals surface area contributed by atoms with E-state index in [1.54, 1.807) is 20.8 Å². The highest BCUT2D eigenvalue weighted by Gasteiger charge is 2.17. The first kappa shape index (κ1) is 23.0. The van der Waals surface area contributed by atoms with Crippen molar-refractivity contribution in [3.8, 4) is 0 Å². The number of imidazole rings is 1. The molecule has 0 unspecified atom stereocenters. The first-order valence-corrected chi connectivity index (χ1v) is 9.55. The van der Waals surface area contributed by atoms with Crippen LogP contribution in [0, 0.1) is 0 Å². The molecule has 0 aliphatic rings. The standard InChI is InChI=1S/C18H25N5O7/c1-4-12(24)20-18-21-16-15(17(27)22-18)19-9-23(16)10-30-11(7-28-13(25)5-2)8-29-14(26)6-3/h9,11H,4-8,10H2,1-3H3,(H2,20,21,22,24,27). The molecule has 0 bridgehead atoms. The van der Waals surface area contributed by atoms with E-state index in [0.717, 1.165) is 0 Å². The van der Waals surface area contributed by atoms with Gasteiger partial charge in [0.05, 0.1) is 6.33 Å². The molecule has 0 aliphatic carbocycles. The third-order valence-corrected chi connectivity index (χ3v) is 3.94. The zero-order valence-electron chi connectivity index (χ0n) is 17.1. The summed E-state index contributed by atoms with van der Waals surface area (Å²) in [7, 11) is 0. The number of aromatic nitrogens is 4. The second-order valence-electron chi connectivity index (χ2n) is 6.19. The number of ether oxygens (including phenoxy) is 3. The number of carbonyl (C=O) groups excluding carboxylic acids is 3. The van der Waals surface area contributed by atoms with Gasteiger partial charge >= 0.3 is 11.9 Å². The maximum absolute atomic E-state index is 12.2. The van der Waals surface area contributed by atoms with Crippen LogP contribution >= 0.6 is 0 Å². The zero-order chi connectivity index (χ0) is 22.1. The summed E-state index contributed by atoms with van der Waals surface area (Å²) in [5.41, 5.74) is -0.255. The molecule has 2 aromatic heterocycles. The molecule has 0 aliphatic heterocycles. The van der Waals surface area contributed by atoms with E-state index in [9.17, 15) is 19.2 Å². The lowest BCUT2D eigenvalue weighted by molar-refractivity contribution is -0.157. The Kier molecular flexibility index (Phi) is 8.47. The van der Waals surface area contributed by atoms with E-state index >= 15 is 0 Å². The fourth-order valence-corrected chi connectivity index (χ4v) is 2.23. The van der Waals surface area contributed by atoms with Crippen LogP contribution in [-0.2, 0) is 35.3 Å². The number of aromatic amines is 1. The van der Waals surface area contributed by atoms with Crippen LogP contribution in [0.15, 0.2) is 11.1 Å². The van der Waals surface area contributed by atoms with Crippen LogP contribution in [0.5, 0.6) is 0 Å². The van der Waals surface area contributed by atoms with Crippen LogP contribution < -0.4 is 10.9 Å². The van der Waals surface area contributed by atoms with Crippen molar-refractivity contribution in [2.45, 2.75) is 52.9 Å². The lowest BCUT2D eigenvalue weighted by atomic mass is 10.4. The number of H-pyrrole nitrogens is 1. The molecular formula is C18H25N5O7. The smallest absolute Gasteiger partial charge is 0.305 e. The molecule has 30 heavy (non-hydrogen) atoms. The lowest BCUT2D eigenvalue weighted by Crippen LogP contribution is -2.29. The Bertz CT molecular complexity index is 932. The molecule has 0 atom stereocenters. The number of nitrogens with one attached hydrogen (secondary N) is 2. The number of esters is 2. The van der Waals surface area contributed by atoms with Crippen molar-refractivity contribution in [1.82, 2.24) is 19.5 Å². The second kappa shape index (κ2) is 11.0. The quantitative estimate of drug-likeness (QED) is 0.497. The van der Waals surface area contributed by atoms with Crippen LogP contribution in [0.3, 0.4) is 0 Å². The number of nitrogens with zero attached hydrogens (tertiary/aromatic N) is 3. The molecule has 0 aromatic carbocycles. The summed E-state index contributed by atoms with van der Waals surface area (Å²) >= 11 is 0. The van der Waals surface area contributed by atoms with Gasteiger partial charge in [-0.2, -0.15) is 4.98 Å². The molecular weight excluding hydrogens is 398 g/mol. The summed E-state index contributed by atoms with van der Waals surface area (Å²) < 4.78 is 17.3. The van der Waals surface area contributed by atoms with Crippen LogP contribution in [-0.4, -0.2) is 56.7 Å². The minimum atomic E-state index is -0.727. The Morgan fingerprint density at radius 1 is 1.10 bits per heavy atom. The highest BCUT2D eigenvalue weighted by molar-refractivity contribution is 5.89. The third-order valence-electron chi connectivity index (χ3n) is 3.94. The van der Waals surface area contributed by atoms with Gasteiger partial charge in [-0.15, -0.1) is 0 Å².